The Kier molecular flexibility index (Phi) is 5.32. The first-order valence-corrected chi connectivity index (χ1v) is 16.6. The van der Waals surface area contributed by atoms with Crippen LogP contribution in [0.4, 0.5) is 0 Å². The van der Waals surface area contributed by atoms with Crippen molar-refractivity contribution in [2.24, 2.45) is 0 Å². The van der Waals surface area contributed by atoms with E-state index < -0.39 is 0 Å². The Morgan fingerprint density at radius 1 is 0.286 bits per heavy atom. The third kappa shape index (κ3) is 3.59. The molecule has 0 aliphatic rings. The molecule has 4 aromatic heterocycles. The van der Waals surface area contributed by atoms with Gasteiger partial charge in [0.25, 0.3) is 0 Å². The van der Waals surface area contributed by atoms with Crippen molar-refractivity contribution < 1.29 is 0 Å². The number of nitrogens with zero attached hydrogens (tertiary/aromatic N) is 5. The molecule has 11 rings (SSSR count). The average molecular weight is 626 g/mol. The fourth-order valence-electron chi connectivity index (χ4n) is 7.98. The van der Waals surface area contributed by atoms with Gasteiger partial charge in [-0.1, -0.05) is 109 Å². The van der Waals surface area contributed by atoms with Crippen molar-refractivity contribution in [2.45, 2.75) is 0 Å². The van der Waals surface area contributed by atoms with Crippen LogP contribution < -0.4 is 0 Å². The van der Waals surface area contributed by atoms with Crippen molar-refractivity contribution in [2.75, 3.05) is 0 Å². The van der Waals surface area contributed by atoms with Crippen LogP contribution in [-0.4, -0.2) is 23.7 Å². The second-order valence-electron chi connectivity index (χ2n) is 12.6. The van der Waals surface area contributed by atoms with Crippen molar-refractivity contribution in [1.82, 2.24) is 23.7 Å². The van der Waals surface area contributed by atoms with E-state index in [1.165, 1.54) is 21.5 Å². The van der Waals surface area contributed by atoms with Crippen LogP contribution in [0.2, 0.25) is 0 Å². The Morgan fingerprint density at radius 3 is 1.12 bits per heavy atom. The molecule has 0 saturated heterocycles. The zero-order valence-electron chi connectivity index (χ0n) is 26.3. The lowest BCUT2D eigenvalue weighted by molar-refractivity contribution is 1.12. The van der Waals surface area contributed by atoms with Gasteiger partial charge in [-0.2, -0.15) is 0 Å². The maximum atomic E-state index is 5.66. The lowest BCUT2D eigenvalue weighted by Crippen LogP contribution is -2.04. The first kappa shape index (κ1) is 26.4. The Bertz CT molecular complexity index is 3000. The highest BCUT2D eigenvalue weighted by molar-refractivity contribution is 6.14. The maximum Gasteiger partial charge on any atom is 0.165 e. The molecule has 0 atom stereocenters. The van der Waals surface area contributed by atoms with Crippen LogP contribution in [0.15, 0.2) is 164 Å². The number of rotatable bonds is 3. The summed E-state index contributed by atoms with van der Waals surface area (Å²) in [5, 5.41) is 5.93. The first-order valence-electron chi connectivity index (χ1n) is 16.6. The van der Waals surface area contributed by atoms with Crippen LogP contribution in [0.5, 0.6) is 0 Å². The standard InChI is InChI=1S/C44H27N5/c1-2-14-28(15-3-1)47-38-25-13-8-20-33(38)41-44(47)46-43-40(49-36-23-11-6-18-31(36)32-19-7-12-24-37(32)49)27-26-39(42(43)45-41)48-34-21-9-4-16-29(34)30-17-5-10-22-35(30)48/h1-27H. The van der Waals surface area contributed by atoms with Crippen LogP contribution in [0.1, 0.15) is 0 Å². The molecule has 5 heteroatoms. The third-order valence-electron chi connectivity index (χ3n) is 10.0. The smallest absolute Gasteiger partial charge is 0.165 e. The van der Waals surface area contributed by atoms with Crippen molar-refractivity contribution in [3.05, 3.63) is 164 Å². The molecule has 0 bridgehead atoms. The summed E-state index contributed by atoms with van der Waals surface area (Å²) in [6.45, 7) is 0. The quantitative estimate of drug-likeness (QED) is 0.196. The molecule has 0 aliphatic carbocycles. The Balaban J connectivity index is 1.36. The van der Waals surface area contributed by atoms with Gasteiger partial charge in [-0.05, 0) is 54.6 Å². The van der Waals surface area contributed by atoms with Gasteiger partial charge in [-0.3, -0.25) is 4.57 Å². The molecule has 11 aromatic rings. The van der Waals surface area contributed by atoms with Gasteiger partial charge in [0, 0.05) is 32.6 Å². The van der Waals surface area contributed by atoms with Gasteiger partial charge < -0.3 is 9.13 Å². The number of hydrogen-bond acceptors (Lipinski definition) is 2. The van der Waals surface area contributed by atoms with E-state index in [4.69, 9.17) is 9.97 Å². The predicted octanol–water partition coefficient (Wildman–Crippen LogP) is 10.9. The van der Waals surface area contributed by atoms with E-state index in [9.17, 15) is 0 Å². The van der Waals surface area contributed by atoms with Crippen LogP contribution >= 0.6 is 0 Å². The van der Waals surface area contributed by atoms with Crippen LogP contribution in [0.3, 0.4) is 0 Å². The summed E-state index contributed by atoms with van der Waals surface area (Å²) < 4.78 is 6.97. The minimum Gasteiger partial charge on any atom is -0.307 e. The summed E-state index contributed by atoms with van der Waals surface area (Å²) in [5.74, 6) is 0. The fraction of sp³-hybridized carbons (Fsp3) is 0. The molecule has 49 heavy (non-hydrogen) atoms. The molecule has 5 nitrogen and oxygen atoms in total. The minimum absolute atomic E-state index is 0.835. The minimum atomic E-state index is 0.835. The van der Waals surface area contributed by atoms with E-state index in [1.54, 1.807) is 0 Å². The monoisotopic (exact) mass is 625 g/mol. The van der Waals surface area contributed by atoms with Crippen molar-refractivity contribution in [3.63, 3.8) is 0 Å². The van der Waals surface area contributed by atoms with E-state index in [-0.39, 0.29) is 0 Å². The van der Waals surface area contributed by atoms with Gasteiger partial charge in [-0.25, -0.2) is 9.97 Å². The summed E-state index contributed by atoms with van der Waals surface area (Å²) in [6, 6.07) is 58.0. The molecule has 7 aromatic carbocycles. The van der Waals surface area contributed by atoms with E-state index in [1.807, 2.05) is 0 Å². The largest absolute Gasteiger partial charge is 0.307 e. The van der Waals surface area contributed by atoms with E-state index in [2.05, 4.69) is 177 Å². The number of para-hydroxylation sites is 6. The summed E-state index contributed by atoms with van der Waals surface area (Å²) in [6.07, 6.45) is 0. The second kappa shape index (κ2) is 9.89. The van der Waals surface area contributed by atoms with E-state index in [0.717, 1.165) is 72.2 Å². The highest BCUT2D eigenvalue weighted by atomic mass is 15.1. The van der Waals surface area contributed by atoms with Crippen molar-refractivity contribution in [1.29, 1.82) is 0 Å². The average Bonchev–Trinajstić information content (AvgIpc) is 3.80. The molecule has 0 aliphatic heterocycles. The summed E-state index contributed by atoms with van der Waals surface area (Å²) in [7, 11) is 0. The fourth-order valence-corrected chi connectivity index (χ4v) is 7.98. The Labute approximate surface area is 280 Å². The first-order chi connectivity index (χ1) is 24.3. The van der Waals surface area contributed by atoms with Gasteiger partial charge in [-0.15, -0.1) is 0 Å². The Morgan fingerprint density at radius 2 is 0.653 bits per heavy atom. The van der Waals surface area contributed by atoms with E-state index in [0.29, 0.717) is 0 Å². The van der Waals surface area contributed by atoms with Gasteiger partial charge >= 0.3 is 0 Å². The van der Waals surface area contributed by atoms with Gasteiger partial charge in [0.15, 0.2) is 5.65 Å². The highest BCUT2D eigenvalue weighted by Gasteiger charge is 2.23. The van der Waals surface area contributed by atoms with Crippen LogP contribution in [0, 0.1) is 0 Å². The zero-order valence-corrected chi connectivity index (χ0v) is 26.3. The van der Waals surface area contributed by atoms with E-state index >= 15 is 0 Å². The zero-order chi connectivity index (χ0) is 32.1. The number of fused-ring (bicyclic) bond motifs is 10. The lowest BCUT2D eigenvalue weighted by Gasteiger charge is -2.16. The van der Waals surface area contributed by atoms with Gasteiger partial charge in [0.05, 0.1) is 39.0 Å². The van der Waals surface area contributed by atoms with Crippen LogP contribution in [-0.2, 0) is 0 Å². The normalized spacial score (nSPS) is 12.1. The molecule has 0 unspecified atom stereocenters. The number of benzene rings is 7. The maximum absolute atomic E-state index is 5.66. The van der Waals surface area contributed by atoms with Crippen molar-refractivity contribution >= 4 is 76.7 Å². The Hall–Kier alpha value is -6.72. The molecule has 0 N–H and O–H groups in total. The summed E-state index contributed by atoms with van der Waals surface area (Å²) in [4.78, 5) is 11.3. The molecule has 0 fully saturated rings. The molecule has 228 valence electrons. The predicted molar refractivity (Wildman–Crippen MR) is 203 cm³/mol. The number of aromatic nitrogens is 5. The molecule has 0 saturated carbocycles. The molecular weight excluding hydrogens is 599 g/mol. The molecule has 0 spiro atoms. The molecule has 4 heterocycles. The van der Waals surface area contributed by atoms with Gasteiger partial charge in [0.2, 0.25) is 0 Å². The topological polar surface area (TPSA) is 40.6 Å². The molecular formula is C44H27N5. The van der Waals surface area contributed by atoms with Crippen molar-refractivity contribution in [3.8, 4) is 17.1 Å². The number of hydrogen-bond donors (Lipinski definition) is 0. The summed E-state index contributed by atoms with van der Waals surface area (Å²) in [5.41, 5.74) is 12.1. The molecule has 0 radical (unpaired) electrons. The highest BCUT2D eigenvalue weighted by Crippen LogP contribution is 2.40. The third-order valence-corrected chi connectivity index (χ3v) is 10.0. The SMILES string of the molecule is c1ccc(-n2c3ccccc3c3nc4c(-n5c6ccccc6c6ccccc65)ccc(-n5c6ccccc6c6ccccc65)c4nc32)cc1. The van der Waals surface area contributed by atoms with Gasteiger partial charge in [0.1, 0.15) is 16.6 Å². The molecule has 0 amide bonds. The lowest BCUT2D eigenvalue weighted by atomic mass is 10.1. The second-order valence-corrected chi connectivity index (χ2v) is 12.6. The summed E-state index contributed by atoms with van der Waals surface area (Å²) >= 11 is 0. The van der Waals surface area contributed by atoms with Crippen LogP contribution in [0.25, 0.3) is 93.8 Å².